The number of hydrogen-bond acceptors (Lipinski definition) is 3. The maximum Gasteiger partial charge on any atom is 0.287 e. The Hall–Kier alpha value is -2.70. The zero-order valence-corrected chi connectivity index (χ0v) is 12.8. The Labute approximate surface area is 137 Å². The fourth-order valence-corrected chi connectivity index (χ4v) is 2.70. The van der Waals surface area contributed by atoms with Gasteiger partial charge in [0.25, 0.3) is 11.8 Å². The standard InChI is InChI=1S/C17H16F2N2O3/c18-13-4-3-11(10-14(13)19)17(23)21-7-5-12(6-8-21)20-16(22)15-2-1-9-24-15/h1-4,9-10,12H,5-8H2,(H,20,22). The minimum atomic E-state index is -1.04. The molecule has 1 N–H and O–H groups in total. The first-order valence-electron chi connectivity index (χ1n) is 7.63. The predicted molar refractivity (Wildman–Crippen MR) is 81.5 cm³/mol. The second-order valence-corrected chi connectivity index (χ2v) is 5.65. The third-order valence-corrected chi connectivity index (χ3v) is 4.03. The van der Waals surface area contributed by atoms with Crippen molar-refractivity contribution in [2.24, 2.45) is 0 Å². The maximum atomic E-state index is 13.2. The Kier molecular flexibility index (Phi) is 4.59. The molecular formula is C17H16F2N2O3. The molecular weight excluding hydrogens is 318 g/mol. The van der Waals surface area contributed by atoms with E-state index in [0.29, 0.717) is 25.9 Å². The summed E-state index contributed by atoms with van der Waals surface area (Å²) >= 11 is 0. The van der Waals surface area contributed by atoms with Crippen molar-refractivity contribution >= 4 is 11.8 Å². The molecule has 3 rings (SSSR count). The van der Waals surface area contributed by atoms with Gasteiger partial charge in [0.2, 0.25) is 0 Å². The van der Waals surface area contributed by atoms with Gasteiger partial charge in [0.1, 0.15) is 0 Å². The molecule has 1 saturated heterocycles. The number of hydrogen-bond donors (Lipinski definition) is 1. The van der Waals surface area contributed by atoms with Crippen LogP contribution in [0.3, 0.4) is 0 Å². The molecule has 1 fully saturated rings. The summed E-state index contributed by atoms with van der Waals surface area (Å²) in [5.41, 5.74) is 0.118. The smallest absolute Gasteiger partial charge is 0.287 e. The summed E-state index contributed by atoms with van der Waals surface area (Å²) < 4.78 is 31.2. The number of carbonyl (C=O) groups is 2. The van der Waals surface area contributed by atoms with E-state index in [1.165, 1.54) is 12.3 Å². The number of nitrogens with one attached hydrogen (secondary N) is 1. The normalized spacial score (nSPS) is 15.3. The molecule has 7 heteroatoms. The maximum absolute atomic E-state index is 13.2. The van der Waals surface area contributed by atoms with Crippen LogP contribution in [0.25, 0.3) is 0 Å². The van der Waals surface area contributed by atoms with Gasteiger partial charge in [0, 0.05) is 24.7 Å². The van der Waals surface area contributed by atoms with Crippen molar-refractivity contribution in [2.75, 3.05) is 13.1 Å². The molecule has 1 aliphatic heterocycles. The molecule has 0 spiro atoms. The first-order valence-corrected chi connectivity index (χ1v) is 7.63. The molecule has 1 aliphatic rings. The van der Waals surface area contributed by atoms with Gasteiger partial charge < -0.3 is 14.6 Å². The highest BCUT2D eigenvalue weighted by atomic mass is 19.2. The molecule has 0 atom stereocenters. The molecule has 0 aliphatic carbocycles. The minimum absolute atomic E-state index is 0.0587. The Balaban J connectivity index is 1.55. The molecule has 2 aromatic rings. The van der Waals surface area contributed by atoms with Gasteiger partial charge in [-0.05, 0) is 43.2 Å². The number of halogens is 2. The van der Waals surface area contributed by atoms with Gasteiger partial charge in [-0.1, -0.05) is 0 Å². The lowest BCUT2D eigenvalue weighted by atomic mass is 10.0. The van der Waals surface area contributed by atoms with E-state index in [-0.39, 0.29) is 29.2 Å². The van der Waals surface area contributed by atoms with E-state index in [1.807, 2.05) is 0 Å². The topological polar surface area (TPSA) is 62.6 Å². The SMILES string of the molecule is O=C(NC1CCN(C(=O)c2ccc(F)c(F)c2)CC1)c1ccco1. The lowest BCUT2D eigenvalue weighted by Crippen LogP contribution is -2.46. The Morgan fingerprint density at radius 2 is 1.88 bits per heavy atom. The lowest BCUT2D eigenvalue weighted by molar-refractivity contribution is 0.0695. The highest BCUT2D eigenvalue weighted by Gasteiger charge is 2.25. The van der Waals surface area contributed by atoms with Crippen molar-refractivity contribution in [3.05, 3.63) is 59.6 Å². The molecule has 2 amide bonds. The average Bonchev–Trinajstić information content (AvgIpc) is 3.12. The molecule has 126 valence electrons. The lowest BCUT2D eigenvalue weighted by Gasteiger charge is -2.32. The van der Waals surface area contributed by atoms with Gasteiger partial charge in [-0.15, -0.1) is 0 Å². The van der Waals surface area contributed by atoms with Crippen molar-refractivity contribution in [1.29, 1.82) is 0 Å². The van der Waals surface area contributed by atoms with Crippen LogP contribution in [0, 0.1) is 11.6 Å². The minimum Gasteiger partial charge on any atom is -0.459 e. The molecule has 1 aromatic carbocycles. The molecule has 24 heavy (non-hydrogen) atoms. The summed E-state index contributed by atoms with van der Waals surface area (Å²) in [4.78, 5) is 25.8. The van der Waals surface area contributed by atoms with Gasteiger partial charge in [-0.2, -0.15) is 0 Å². The van der Waals surface area contributed by atoms with Gasteiger partial charge in [0.15, 0.2) is 17.4 Å². The molecule has 5 nitrogen and oxygen atoms in total. The van der Waals surface area contributed by atoms with Gasteiger partial charge in [-0.3, -0.25) is 9.59 Å². The number of furan rings is 1. The fourth-order valence-electron chi connectivity index (χ4n) is 2.70. The van der Waals surface area contributed by atoms with E-state index in [0.717, 1.165) is 12.1 Å². The Bertz CT molecular complexity index is 738. The van der Waals surface area contributed by atoms with Crippen molar-refractivity contribution in [1.82, 2.24) is 10.2 Å². The largest absolute Gasteiger partial charge is 0.459 e. The van der Waals surface area contributed by atoms with Gasteiger partial charge >= 0.3 is 0 Å². The highest BCUT2D eigenvalue weighted by Crippen LogP contribution is 2.16. The molecule has 2 heterocycles. The van der Waals surface area contributed by atoms with Crippen molar-refractivity contribution in [3.8, 4) is 0 Å². The number of likely N-dealkylation sites (tertiary alicyclic amines) is 1. The predicted octanol–water partition coefficient (Wildman–Crippen LogP) is 2.59. The first kappa shape index (κ1) is 16.2. The molecule has 0 saturated carbocycles. The van der Waals surface area contributed by atoms with Crippen LogP contribution in [0.1, 0.15) is 33.8 Å². The Morgan fingerprint density at radius 3 is 2.50 bits per heavy atom. The summed E-state index contributed by atoms with van der Waals surface area (Å²) in [6, 6.07) is 6.28. The summed E-state index contributed by atoms with van der Waals surface area (Å²) in [5.74, 6) is -2.40. The number of amides is 2. The van der Waals surface area contributed by atoms with E-state index in [9.17, 15) is 18.4 Å². The number of carbonyl (C=O) groups excluding carboxylic acids is 2. The van der Waals surface area contributed by atoms with Crippen LogP contribution in [0.2, 0.25) is 0 Å². The van der Waals surface area contributed by atoms with Crippen LogP contribution >= 0.6 is 0 Å². The van der Waals surface area contributed by atoms with Gasteiger partial charge in [0.05, 0.1) is 6.26 Å². The number of nitrogens with zero attached hydrogens (tertiary/aromatic N) is 1. The summed E-state index contributed by atoms with van der Waals surface area (Å²) in [6.45, 7) is 0.863. The van der Waals surface area contributed by atoms with Crippen LogP contribution in [-0.4, -0.2) is 35.8 Å². The number of rotatable bonds is 3. The zero-order valence-electron chi connectivity index (χ0n) is 12.8. The molecule has 0 bridgehead atoms. The molecule has 0 radical (unpaired) electrons. The van der Waals surface area contributed by atoms with E-state index >= 15 is 0 Å². The van der Waals surface area contributed by atoms with E-state index < -0.39 is 11.6 Å². The molecule has 0 unspecified atom stereocenters. The first-order chi connectivity index (χ1) is 11.5. The second kappa shape index (κ2) is 6.82. The summed E-state index contributed by atoms with van der Waals surface area (Å²) in [5, 5.41) is 2.86. The highest BCUT2D eigenvalue weighted by molar-refractivity contribution is 5.94. The number of benzene rings is 1. The zero-order chi connectivity index (χ0) is 17.1. The van der Waals surface area contributed by atoms with Gasteiger partial charge in [-0.25, -0.2) is 8.78 Å². The summed E-state index contributed by atoms with van der Waals surface area (Å²) in [6.07, 6.45) is 2.60. The third-order valence-electron chi connectivity index (χ3n) is 4.03. The van der Waals surface area contributed by atoms with Crippen LogP contribution < -0.4 is 5.32 Å². The van der Waals surface area contributed by atoms with Crippen molar-refractivity contribution in [2.45, 2.75) is 18.9 Å². The van der Waals surface area contributed by atoms with Crippen LogP contribution in [0.5, 0.6) is 0 Å². The monoisotopic (exact) mass is 334 g/mol. The van der Waals surface area contributed by atoms with Crippen molar-refractivity contribution < 1.29 is 22.8 Å². The third kappa shape index (κ3) is 3.45. The van der Waals surface area contributed by atoms with Crippen LogP contribution in [-0.2, 0) is 0 Å². The van der Waals surface area contributed by atoms with Crippen LogP contribution in [0.4, 0.5) is 8.78 Å². The number of piperidine rings is 1. The quantitative estimate of drug-likeness (QED) is 0.938. The van der Waals surface area contributed by atoms with E-state index in [4.69, 9.17) is 4.42 Å². The van der Waals surface area contributed by atoms with E-state index in [1.54, 1.807) is 17.0 Å². The van der Waals surface area contributed by atoms with Crippen molar-refractivity contribution in [3.63, 3.8) is 0 Å². The fraction of sp³-hybridized carbons (Fsp3) is 0.294. The molecule has 1 aromatic heterocycles. The Morgan fingerprint density at radius 1 is 1.12 bits per heavy atom. The summed E-state index contributed by atoms with van der Waals surface area (Å²) in [7, 11) is 0. The van der Waals surface area contributed by atoms with Crippen LogP contribution in [0.15, 0.2) is 41.0 Å². The second-order valence-electron chi connectivity index (χ2n) is 5.65. The average molecular weight is 334 g/mol. The van der Waals surface area contributed by atoms with E-state index in [2.05, 4.69) is 5.32 Å².